The van der Waals surface area contributed by atoms with E-state index in [0.717, 1.165) is 11.3 Å². The van der Waals surface area contributed by atoms with Crippen LogP contribution in [-0.4, -0.2) is 11.1 Å². The Morgan fingerprint density at radius 1 is 1.14 bits per heavy atom. The number of rotatable bonds is 5. The maximum atomic E-state index is 6.24. The van der Waals surface area contributed by atoms with Crippen molar-refractivity contribution in [2.24, 2.45) is 0 Å². The lowest BCUT2D eigenvalue weighted by Crippen LogP contribution is -2.12. The van der Waals surface area contributed by atoms with E-state index in [9.17, 15) is 0 Å². The van der Waals surface area contributed by atoms with Gasteiger partial charge in [-0.3, -0.25) is 0 Å². The van der Waals surface area contributed by atoms with Gasteiger partial charge in [0.05, 0.1) is 12.1 Å². The van der Waals surface area contributed by atoms with Crippen molar-refractivity contribution in [1.29, 1.82) is 0 Å². The van der Waals surface area contributed by atoms with Gasteiger partial charge in [-0.25, -0.2) is 4.98 Å². The van der Waals surface area contributed by atoms with Crippen molar-refractivity contribution in [3.63, 3.8) is 0 Å². The van der Waals surface area contributed by atoms with E-state index in [4.69, 9.17) is 27.9 Å². The molecule has 0 amide bonds. The molecule has 0 aliphatic heterocycles. The molecule has 1 aromatic carbocycles. The van der Waals surface area contributed by atoms with Crippen molar-refractivity contribution in [3.05, 3.63) is 52.1 Å². The molecule has 0 aliphatic carbocycles. The van der Waals surface area contributed by atoms with Crippen molar-refractivity contribution in [2.45, 2.75) is 32.9 Å². The Morgan fingerprint density at radius 2 is 1.90 bits per heavy atom. The first-order valence-corrected chi connectivity index (χ1v) is 7.56. The molecular weight excluding hydrogens is 307 g/mol. The number of nitrogens with zero attached hydrogens (tertiary/aromatic N) is 1. The Labute approximate surface area is 135 Å². The lowest BCUT2D eigenvalue weighted by Gasteiger charge is -2.19. The maximum absolute atomic E-state index is 6.24. The van der Waals surface area contributed by atoms with E-state index in [-0.39, 0.29) is 12.1 Å². The number of aromatic nitrogens is 1. The van der Waals surface area contributed by atoms with Crippen LogP contribution in [0.2, 0.25) is 10.0 Å². The molecule has 0 radical (unpaired) electrons. The van der Waals surface area contributed by atoms with Crippen LogP contribution in [0.15, 0.2) is 36.5 Å². The first-order valence-electron chi connectivity index (χ1n) is 6.80. The number of ether oxygens (including phenoxy) is 1. The second-order valence-corrected chi connectivity index (χ2v) is 5.89. The molecule has 1 aromatic heterocycles. The minimum Gasteiger partial charge on any atom is -0.487 e. The van der Waals surface area contributed by atoms with Gasteiger partial charge in [-0.15, -0.1) is 0 Å². The van der Waals surface area contributed by atoms with Crippen LogP contribution in [0.25, 0.3) is 0 Å². The number of pyridine rings is 1. The van der Waals surface area contributed by atoms with Gasteiger partial charge in [0.2, 0.25) is 0 Å². The molecular formula is C16H18Cl2N2O. The van der Waals surface area contributed by atoms with Gasteiger partial charge in [0, 0.05) is 16.2 Å². The number of halogens is 2. The van der Waals surface area contributed by atoms with Crippen LogP contribution in [0.4, 0.5) is 5.82 Å². The topological polar surface area (TPSA) is 34.1 Å². The SMILES string of the molecule is CC(C)Oc1cccnc1NC(C)c1ccc(Cl)cc1Cl. The van der Waals surface area contributed by atoms with E-state index in [1.165, 1.54) is 0 Å². The van der Waals surface area contributed by atoms with Crippen molar-refractivity contribution >= 4 is 29.0 Å². The number of hydrogen-bond donors (Lipinski definition) is 1. The number of benzene rings is 1. The molecule has 1 unspecified atom stereocenters. The summed E-state index contributed by atoms with van der Waals surface area (Å²) in [5, 5.41) is 4.58. The Bertz CT molecular complexity index is 617. The molecule has 5 heteroatoms. The predicted octanol–water partition coefficient (Wildman–Crippen LogP) is 5.35. The standard InChI is InChI=1S/C16H18Cl2N2O/c1-10(2)21-15-5-4-8-19-16(15)20-11(3)13-7-6-12(17)9-14(13)18/h4-11H,1-3H3,(H,19,20). The van der Waals surface area contributed by atoms with Gasteiger partial charge in [0.1, 0.15) is 0 Å². The minimum absolute atomic E-state index is 0.0146. The molecule has 1 heterocycles. The van der Waals surface area contributed by atoms with Crippen LogP contribution < -0.4 is 10.1 Å². The van der Waals surface area contributed by atoms with Crippen molar-refractivity contribution in [1.82, 2.24) is 4.98 Å². The molecule has 2 rings (SSSR count). The van der Waals surface area contributed by atoms with E-state index in [1.54, 1.807) is 12.3 Å². The van der Waals surface area contributed by atoms with Crippen LogP contribution in [0.5, 0.6) is 5.75 Å². The van der Waals surface area contributed by atoms with E-state index < -0.39 is 0 Å². The van der Waals surface area contributed by atoms with Gasteiger partial charge < -0.3 is 10.1 Å². The second-order valence-electron chi connectivity index (χ2n) is 5.05. The first kappa shape index (κ1) is 15.9. The van der Waals surface area contributed by atoms with Crippen LogP contribution in [0.1, 0.15) is 32.4 Å². The number of nitrogens with one attached hydrogen (secondary N) is 1. The van der Waals surface area contributed by atoms with Crippen LogP contribution in [-0.2, 0) is 0 Å². The summed E-state index contributed by atoms with van der Waals surface area (Å²) in [6.45, 7) is 5.98. The molecule has 112 valence electrons. The highest BCUT2D eigenvalue weighted by Gasteiger charge is 2.13. The largest absolute Gasteiger partial charge is 0.487 e. The van der Waals surface area contributed by atoms with Crippen LogP contribution >= 0.6 is 23.2 Å². The van der Waals surface area contributed by atoms with Gasteiger partial charge in [-0.2, -0.15) is 0 Å². The summed E-state index contributed by atoms with van der Waals surface area (Å²) in [7, 11) is 0. The van der Waals surface area contributed by atoms with Gasteiger partial charge >= 0.3 is 0 Å². The molecule has 0 fully saturated rings. The van der Waals surface area contributed by atoms with Crippen molar-refractivity contribution < 1.29 is 4.74 Å². The Morgan fingerprint density at radius 3 is 2.57 bits per heavy atom. The average Bonchev–Trinajstić information content (AvgIpc) is 2.40. The molecule has 21 heavy (non-hydrogen) atoms. The quantitative estimate of drug-likeness (QED) is 0.805. The Balaban J connectivity index is 2.21. The highest BCUT2D eigenvalue weighted by Crippen LogP contribution is 2.31. The fourth-order valence-corrected chi connectivity index (χ4v) is 2.56. The van der Waals surface area contributed by atoms with Gasteiger partial charge in [0.25, 0.3) is 0 Å². The average molecular weight is 325 g/mol. The van der Waals surface area contributed by atoms with Gasteiger partial charge in [0.15, 0.2) is 11.6 Å². The lowest BCUT2D eigenvalue weighted by molar-refractivity contribution is 0.242. The summed E-state index contributed by atoms with van der Waals surface area (Å²) in [5.41, 5.74) is 0.960. The predicted molar refractivity (Wildman–Crippen MR) is 88.5 cm³/mol. The first-order chi connectivity index (χ1) is 9.97. The monoisotopic (exact) mass is 324 g/mol. The molecule has 0 saturated heterocycles. The number of hydrogen-bond acceptors (Lipinski definition) is 3. The van der Waals surface area contributed by atoms with Gasteiger partial charge in [-0.1, -0.05) is 29.3 Å². The summed E-state index contributed by atoms with van der Waals surface area (Å²) in [5.74, 6) is 1.43. The van der Waals surface area contributed by atoms with E-state index >= 15 is 0 Å². The zero-order chi connectivity index (χ0) is 15.4. The molecule has 0 saturated carbocycles. The smallest absolute Gasteiger partial charge is 0.169 e. The zero-order valence-corrected chi connectivity index (χ0v) is 13.7. The second kappa shape index (κ2) is 7.01. The van der Waals surface area contributed by atoms with Crippen LogP contribution in [0, 0.1) is 0 Å². The molecule has 0 bridgehead atoms. The summed E-state index contributed by atoms with van der Waals surface area (Å²) in [4.78, 5) is 4.34. The van der Waals surface area contributed by atoms with E-state index in [2.05, 4.69) is 10.3 Å². The highest BCUT2D eigenvalue weighted by molar-refractivity contribution is 6.35. The van der Waals surface area contributed by atoms with Gasteiger partial charge in [-0.05, 0) is 50.6 Å². The Hall–Kier alpha value is -1.45. The molecule has 3 nitrogen and oxygen atoms in total. The zero-order valence-electron chi connectivity index (χ0n) is 12.2. The lowest BCUT2D eigenvalue weighted by atomic mass is 10.1. The molecule has 0 spiro atoms. The molecule has 2 aromatic rings. The third-order valence-corrected chi connectivity index (χ3v) is 3.48. The summed E-state index contributed by atoms with van der Waals surface area (Å²) in [6.07, 6.45) is 1.82. The highest BCUT2D eigenvalue weighted by atomic mass is 35.5. The van der Waals surface area contributed by atoms with Crippen LogP contribution in [0.3, 0.4) is 0 Å². The third kappa shape index (κ3) is 4.26. The fourth-order valence-electron chi connectivity index (χ4n) is 1.98. The Kier molecular flexibility index (Phi) is 5.32. The summed E-state index contributed by atoms with van der Waals surface area (Å²) in [6, 6.07) is 9.20. The number of anilines is 1. The van der Waals surface area contributed by atoms with E-state index in [0.29, 0.717) is 15.9 Å². The maximum Gasteiger partial charge on any atom is 0.169 e. The molecule has 0 aliphatic rings. The normalized spacial score (nSPS) is 12.3. The molecule has 1 atom stereocenters. The van der Waals surface area contributed by atoms with E-state index in [1.807, 2.05) is 45.0 Å². The molecule has 1 N–H and O–H groups in total. The summed E-state index contributed by atoms with van der Waals surface area (Å²) < 4.78 is 5.75. The third-order valence-electron chi connectivity index (χ3n) is 2.92. The summed E-state index contributed by atoms with van der Waals surface area (Å²) >= 11 is 12.2. The minimum atomic E-state index is -0.0146. The van der Waals surface area contributed by atoms with Crippen molar-refractivity contribution in [3.8, 4) is 5.75 Å². The van der Waals surface area contributed by atoms with Crippen molar-refractivity contribution in [2.75, 3.05) is 5.32 Å². The fraction of sp³-hybridized carbons (Fsp3) is 0.312.